The number of anilines is 2. The van der Waals surface area contributed by atoms with Gasteiger partial charge in [0.2, 0.25) is 5.91 Å². The second kappa shape index (κ2) is 6.82. The molecule has 3 rings (SSSR count). The van der Waals surface area contributed by atoms with Crippen LogP contribution in [0.4, 0.5) is 15.8 Å². The van der Waals surface area contributed by atoms with Crippen LogP contribution in [0.25, 0.3) is 0 Å². The second-order valence-corrected chi connectivity index (χ2v) is 7.58. The molecule has 28 heavy (non-hydrogen) atoms. The molecule has 0 spiro atoms. The molecule has 0 radical (unpaired) electrons. The summed E-state index contributed by atoms with van der Waals surface area (Å²) in [6, 6.07) is 12.1. The number of ether oxygens (including phenoxy) is 1. The maximum atomic E-state index is 14.9. The molecule has 1 atom stereocenters. The number of carbonyl (C=O) groups excluding carboxylic acids is 1. The molecule has 2 aromatic rings. The maximum absolute atomic E-state index is 14.9. The highest BCUT2D eigenvalue weighted by atomic mass is 19.1. The Morgan fingerprint density at radius 2 is 1.71 bits per heavy atom. The summed E-state index contributed by atoms with van der Waals surface area (Å²) in [6.45, 7) is 5.25. The van der Waals surface area contributed by atoms with Crippen LogP contribution in [-0.2, 0) is 10.3 Å². The van der Waals surface area contributed by atoms with E-state index in [1.54, 1.807) is 47.1 Å². The highest BCUT2D eigenvalue weighted by Gasteiger charge is 2.53. The minimum Gasteiger partial charge on any atom is -0.497 e. The number of halogens is 1. The van der Waals surface area contributed by atoms with Crippen LogP contribution in [0.2, 0.25) is 0 Å². The van der Waals surface area contributed by atoms with Crippen molar-refractivity contribution in [2.45, 2.75) is 26.3 Å². The van der Waals surface area contributed by atoms with Crippen LogP contribution in [0.15, 0.2) is 47.5 Å². The van der Waals surface area contributed by atoms with Crippen LogP contribution in [0.1, 0.15) is 26.3 Å². The van der Waals surface area contributed by atoms with Gasteiger partial charge in [0.25, 0.3) is 0 Å². The second-order valence-electron chi connectivity index (χ2n) is 7.58. The molecule has 0 saturated heterocycles. The number of rotatable bonds is 4. The van der Waals surface area contributed by atoms with E-state index in [0.717, 1.165) is 11.4 Å². The Morgan fingerprint density at radius 1 is 1.11 bits per heavy atom. The van der Waals surface area contributed by atoms with E-state index >= 15 is 0 Å². The number of nitrogens with one attached hydrogen (secondary N) is 1. The van der Waals surface area contributed by atoms with Crippen molar-refractivity contribution < 1.29 is 13.9 Å². The molecule has 3 N–H and O–H groups in total. The fourth-order valence-electron chi connectivity index (χ4n) is 3.39. The van der Waals surface area contributed by atoms with Gasteiger partial charge in [0.1, 0.15) is 17.1 Å². The summed E-state index contributed by atoms with van der Waals surface area (Å²) in [7, 11) is 3.17. The Kier molecular flexibility index (Phi) is 4.79. The van der Waals surface area contributed by atoms with Gasteiger partial charge in [-0.1, -0.05) is 0 Å². The van der Waals surface area contributed by atoms with Crippen LogP contribution in [0, 0.1) is 11.2 Å². The van der Waals surface area contributed by atoms with Crippen molar-refractivity contribution in [2.75, 3.05) is 19.5 Å². The molecule has 0 saturated carbocycles. The van der Waals surface area contributed by atoms with Crippen molar-refractivity contribution in [3.05, 3.63) is 53.8 Å². The quantitative estimate of drug-likeness (QED) is 0.844. The number of aliphatic imine (C=N–C) groups is 1. The van der Waals surface area contributed by atoms with E-state index in [4.69, 9.17) is 10.5 Å². The predicted octanol–water partition coefficient (Wildman–Crippen LogP) is 3.61. The Balaban J connectivity index is 2.04. The monoisotopic (exact) mass is 384 g/mol. The molecule has 2 aromatic carbocycles. The summed E-state index contributed by atoms with van der Waals surface area (Å²) in [5.41, 5.74) is 5.62. The lowest BCUT2D eigenvalue weighted by molar-refractivity contribution is -0.140. The maximum Gasteiger partial charge on any atom is 0.237 e. The molecule has 148 valence electrons. The van der Waals surface area contributed by atoms with E-state index in [9.17, 15) is 9.18 Å². The van der Waals surface area contributed by atoms with Crippen LogP contribution >= 0.6 is 0 Å². The average molecular weight is 384 g/mol. The molecule has 1 aliphatic heterocycles. The van der Waals surface area contributed by atoms with Gasteiger partial charge in [0, 0.05) is 24.0 Å². The summed E-state index contributed by atoms with van der Waals surface area (Å²) in [4.78, 5) is 18.6. The molecule has 0 bridgehead atoms. The predicted molar refractivity (Wildman–Crippen MR) is 108 cm³/mol. The molecule has 1 amide bonds. The van der Waals surface area contributed by atoms with Gasteiger partial charge < -0.3 is 15.8 Å². The van der Waals surface area contributed by atoms with Crippen LogP contribution < -0.4 is 15.8 Å². The van der Waals surface area contributed by atoms with Crippen molar-refractivity contribution in [3.8, 4) is 5.75 Å². The topological polar surface area (TPSA) is 80.0 Å². The number of nitrogens with two attached hydrogens (primary N) is 1. The minimum absolute atomic E-state index is 0.0692. The lowest BCUT2D eigenvalue weighted by Crippen LogP contribution is -2.58. The lowest BCUT2D eigenvalue weighted by Gasteiger charge is -2.46. The SMILES string of the molecule is COc1ccc(Nc2ccc(F)c(C3(C)N=C(N)N(C)C(=O)C3(C)C)c2)cc1. The average Bonchev–Trinajstić information content (AvgIpc) is 2.67. The van der Waals surface area contributed by atoms with Gasteiger partial charge in [-0.05, 0) is 63.2 Å². The van der Waals surface area contributed by atoms with Crippen LogP contribution in [0.3, 0.4) is 0 Å². The first-order valence-corrected chi connectivity index (χ1v) is 8.95. The third-order valence-electron chi connectivity index (χ3n) is 5.61. The first-order chi connectivity index (χ1) is 13.1. The highest BCUT2D eigenvalue weighted by molar-refractivity contribution is 6.01. The Hall–Kier alpha value is -3.09. The zero-order chi connectivity index (χ0) is 20.7. The van der Waals surface area contributed by atoms with E-state index in [0.29, 0.717) is 11.3 Å². The highest BCUT2D eigenvalue weighted by Crippen LogP contribution is 2.47. The van der Waals surface area contributed by atoms with E-state index < -0.39 is 16.8 Å². The Labute approximate surface area is 164 Å². The summed E-state index contributed by atoms with van der Waals surface area (Å²) in [6.07, 6.45) is 0. The molecule has 1 aliphatic rings. The zero-order valence-electron chi connectivity index (χ0n) is 16.7. The smallest absolute Gasteiger partial charge is 0.237 e. The third kappa shape index (κ3) is 3.06. The molecule has 1 unspecified atom stereocenters. The van der Waals surface area contributed by atoms with Crippen molar-refractivity contribution in [3.63, 3.8) is 0 Å². The van der Waals surface area contributed by atoms with Gasteiger partial charge in [-0.25, -0.2) is 9.38 Å². The number of methoxy groups -OCH3 is 1. The standard InChI is InChI=1S/C21H25FN4O2/c1-20(2)18(27)26(4)19(23)25-21(20,3)16-12-14(8-11-17(16)22)24-13-6-9-15(28-5)10-7-13/h6-12,24H,1-5H3,(H2,23,25). The normalized spacial score (nSPS) is 21.3. The summed E-state index contributed by atoms with van der Waals surface area (Å²) >= 11 is 0. The fourth-order valence-corrected chi connectivity index (χ4v) is 3.39. The minimum atomic E-state index is -1.15. The van der Waals surface area contributed by atoms with Gasteiger partial charge >= 0.3 is 0 Å². The molecule has 6 nitrogen and oxygen atoms in total. The molecule has 1 heterocycles. The van der Waals surface area contributed by atoms with Crippen LogP contribution in [0.5, 0.6) is 5.75 Å². The number of guanidine groups is 1. The molecule has 0 aromatic heterocycles. The summed E-state index contributed by atoms with van der Waals surface area (Å²) < 4.78 is 20.0. The fraction of sp³-hybridized carbons (Fsp3) is 0.333. The van der Waals surface area contributed by atoms with Gasteiger partial charge in [-0.2, -0.15) is 0 Å². The van der Waals surface area contributed by atoms with Gasteiger partial charge in [-0.3, -0.25) is 9.69 Å². The van der Waals surface area contributed by atoms with Gasteiger partial charge in [0.05, 0.1) is 12.5 Å². The van der Waals surface area contributed by atoms with Crippen molar-refractivity contribution in [2.24, 2.45) is 16.1 Å². The zero-order valence-corrected chi connectivity index (χ0v) is 16.7. The van der Waals surface area contributed by atoms with Gasteiger partial charge in [-0.15, -0.1) is 0 Å². The summed E-state index contributed by atoms with van der Waals surface area (Å²) in [5, 5.41) is 3.24. The number of benzene rings is 2. The van der Waals surface area contributed by atoms with Gasteiger partial charge in [0.15, 0.2) is 5.96 Å². The number of carbonyl (C=O) groups is 1. The summed E-state index contributed by atoms with van der Waals surface area (Å²) in [5.74, 6) is 0.161. The third-order valence-corrected chi connectivity index (χ3v) is 5.61. The molecular weight excluding hydrogens is 359 g/mol. The Morgan fingerprint density at radius 3 is 2.32 bits per heavy atom. The number of hydrogen-bond donors (Lipinski definition) is 2. The Bertz CT molecular complexity index is 940. The first kappa shape index (κ1) is 19.7. The van der Waals surface area contributed by atoms with E-state index in [2.05, 4.69) is 10.3 Å². The lowest BCUT2D eigenvalue weighted by atomic mass is 9.67. The van der Waals surface area contributed by atoms with Crippen molar-refractivity contribution in [1.82, 2.24) is 4.90 Å². The molecular formula is C21H25FN4O2. The number of nitrogens with zero attached hydrogens (tertiary/aromatic N) is 2. The van der Waals surface area contributed by atoms with Crippen molar-refractivity contribution >= 4 is 23.2 Å². The van der Waals surface area contributed by atoms with E-state index in [-0.39, 0.29) is 11.9 Å². The largest absolute Gasteiger partial charge is 0.497 e. The molecule has 7 heteroatoms. The molecule has 0 aliphatic carbocycles. The van der Waals surface area contributed by atoms with E-state index in [1.165, 1.54) is 11.0 Å². The molecule has 0 fully saturated rings. The first-order valence-electron chi connectivity index (χ1n) is 8.95. The number of amides is 1. The van der Waals surface area contributed by atoms with Crippen molar-refractivity contribution in [1.29, 1.82) is 0 Å². The van der Waals surface area contributed by atoms with E-state index in [1.807, 2.05) is 24.3 Å². The number of hydrogen-bond acceptors (Lipinski definition) is 5. The van der Waals surface area contributed by atoms with Crippen LogP contribution in [-0.4, -0.2) is 30.9 Å².